The molecular weight excluding hydrogens is 324 g/mol. The van der Waals surface area contributed by atoms with Crippen molar-refractivity contribution >= 4 is 29.1 Å². The van der Waals surface area contributed by atoms with Crippen LogP contribution < -0.4 is 10.6 Å². The lowest BCUT2D eigenvalue weighted by Crippen LogP contribution is -2.30. The van der Waals surface area contributed by atoms with Crippen LogP contribution in [0.5, 0.6) is 0 Å². The topological polar surface area (TPSA) is 70.1 Å². The van der Waals surface area contributed by atoms with E-state index in [1.165, 1.54) is 12.8 Å². The summed E-state index contributed by atoms with van der Waals surface area (Å²) in [4.78, 5) is 9.18. The van der Waals surface area contributed by atoms with Crippen molar-refractivity contribution in [1.29, 1.82) is 0 Å². The van der Waals surface area contributed by atoms with Crippen molar-refractivity contribution in [3.8, 4) is 0 Å². The SMILES string of the molecule is CC(C)[C@@H](CO)Nc1nc(Nc2ccc(Cl)cc2)cc(C2CC2)n1. The molecule has 2 aromatic rings. The molecule has 0 aliphatic heterocycles. The Morgan fingerprint density at radius 2 is 1.92 bits per heavy atom. The van der Waals surface area contributed by atoms with Crippen LogP contribution >= 0.6 is 11.6 Å². The van der Waals surface area contributed by atoms with Gasteiger partial charge in [0.25, 0.3) is 0 Å². The molecule has 1 aliphatic rings. The molecule has 0 spiro atoms. The summed E-state index contributed by atoms with van der Waals surface area (Å²) < 4.78 is 0. The summed E-state index contributed by atoms with van der Waals surface area (Å²) >= 11 is 5.93. The third-order valence-electron chi connectivity index (χ3n) is 4.17. The summed E-state index contributed by atoms with van der Waals surface area (Å²) in [6.45, 7) is 4.17. The summed E-state index contributed by atoms with van der Waals surface area (Å²) in [5.41, 5.74) is 1.97. The lowest BCUT2D eigenvalue weighted by Gasteiger charge is -2.20. The first-order valence-corrected chi connectivity index (χ1v) is 8.72. The highest BCUT2D eigenvalue weighted by Gasteiger charge is 2.26. The number of hydrogen-bond acceptors (Lipinski definition) is 5. The van der Waals surface area contributed by atoms with Crippen LogP contribution in [-0.4, -0.2) is 27.7 Å². The van der Waals surface area contributed by atoms with E-state index in [1.807, 2.05) is 30.3 Å². The first-order valence-electron chi connectivity index (χ1n) is 8.34. The van der Waals surface area contributed by atoms with Crippen LogP contribution in [0.1, 0.15) is 38.3 Å². The fraction of sp³-hybridized carbons (Fsp3) is 0.444. The van der Waals surface area contributed by atoms with Gasteiger partial charge in [-0.1, -0.05) is 25.4 Å². The zero-order valence-electron chi connectivity index (χ0n) is 14.0. The Balaban J connectivity index is 1.83. The van der Waals surface area contributed by atoms with Gasteiger partial charge in [-0.25, -0.2) is 4.98 Å². The van der Waals surface area contributed by atoms with Gasteiger partial charge in [-0.2, -0.15) is 4.98 Å². The summed E-state index contributed by atoms with van der Waals surface area (Å²) in [6, 6.07) is 9.45. The Labute approximate surface area is 147 Å². The molecule has 5 nitrogen and oxygen atoms in total. The number of rotatable bonds is 7. The van der Waals surface area contributed by atoms with Gasteiger partial charge >= 0.3 is 0 Å². The summed E-state index contributed by atoms with van der Waals surface area (Å²) in [5.74, 6) is 2.11. The fourth-order valence-corrected chi connectivity index (χ4v) is 2.58. The van der Waals surface area contributed by atoms with Crippen LogP contribution in [0.15, 0.2) is 30.3 Å². The van der Waals surface area contributed by atoms with Crippen molar-refractivity contribution in [2.45, 2.75) is 38.6 Å². The monoisotopic (exact) mass is 346 g/mol. The smallest absolute Gasteiger partial charge is 0.225 e. The molecule has 0 unspecified atom stereocenters. The Morgan fingerprint density at radius 1 is 1.21 bits per heavy atom. The molecule has 128 valence electrons. The Bertz CT molecular complexity index is 686. The van der Waals surface area contributed by atoms with Crippen LogP contribution in [0.25, 0.3) is 0 Å². The van der Waals surface area contributed by atoms with E-state index in [-0.39, 0.29) is 18.6 Å². The van der Waals surface area contributed by atoms with Gasteiger partial charge in [0, 0.05) is 22.7 Å². The molecular formula is C18H23ClN4O. The van der Waals surface area contributed by atoms with Crippen LogP contribution in [-0.2, 0) is 0 Å². The largest absolute Gasteiger partial charge is 0.394 e. The minimum atomic E-state index is -0.0668. The third-order valence-corrected chi connectivity index (χ3v) is 4.43. The van der Waals surface area contributed by atoms with E-state index in [4.69, 9.17) is 11.6 Å². The van der Waals surface area contributed by atoms with Gasteiger partial charge in [0.15, 0.2) is 0 Å². The predicted octanol–water partition coefficient (Wildman–Crippen LogP) is 4.18. The van der Waals surface area contributed by atoms with Crippen molar-refractivity contribution < 1.29 is 5.11 Å². The minimum Gasteiger partial charge on any atom is -0.394 e. The predicted molar refractivity (Wildman–Crippen MR) is 98.1 cm³/mol. The maximum Gasteiger partial charge on any atom is 0.225 e. The number of aliphatic hydroxyl groups excluding tert-OH is 1. The molecule has 3 rings (SSSR count). The number of halogens is 1. The van der Waals surface area contributed by atoms with Gasteiger partial charge in [-0.15, -0.1) is 0 Å². The quantitative estimate of drug-likeness (QED) is 0.701. The summed E-state index contributed by atoms with van der Waals surface area (Å²) in [6.07, 6.45) is 2.34. The number of benzene rings is 1. The zero-order chi connectivity index (χ0) is 17.1. The molecule has 6 heteroatoms. The van der Waals surface area contributed by atoms with E-state index >= 15 is 0 Å². The second-order valence-corrected chi connectivity index (χ2v) is 7.02. The molecule has 0 bridgehead atoms. The molecule has 0 saturated heterocycles. The van der Waals surface area contributed by atoms with Gasteiger partial charge in [0.1, 0.15) is 5.82 Å². The lowest BCUT2D eigenvalue weighted by molar-refractivity contribution is 0.248. The molecule has 1 atom stereocenters. The Kier molecular flexibility index (Phi) is 5.21. The van der Waals surface area contributed by atoms with E-state index in [1.54, 1.807) is 0 Å². The molecule has 0 amide bonds. The van der Waals surface area contributed by atoms with Crippen LogP contribution in [0.4, 0.5) is 17.5 Å². The maximum atomic E-state index is 9.53. The van der Waals surface area contributed by atoms with Crippen molar-refractivity contribution in [2.24, 2.45) is 5.92 Å². The first-order chi connectivity index (χ1) is 11.5. The highest BCUT2D eigenvalue weighted by Crippen LogP contribution is 2.40. The van der Waals surface area contributed by atoms with Crippen molar-refractivity contribution in [1.82, 2.24) is 9.97 Å². The maximum absolute atomic E-state index is 9.53. The van der Waals surface area contributed by atoms with E-state index in [0.29, 0.717) is 16.9 Å². The van der Waals surface area contributed by atoms with E-state index < -0.39 is 0 Å². The summed E-state index contributed by atoms with van der Waals surface area (Å²) in [7, 11) is 0. The lowest BCUT2D eigenvalue weighted by atomic mass is 10.1. The van der Waals surface area contributed by atoms with Gasteiger partial charge in [0.05, 0.1) is 18.3 Å². The Hall–Kier alpha value is -1.85. The molecule has 1 fully saturated rings. The van der Waals surface area contributed by atoms with Gasteiger partial charge in [0.2, 0.25) is 5.95 Å². The molecule has 24 heavy (non-hydrogen) atoms. The third kappa shape index (κ3) is 4.36. The van der Waals surface area contributed by atoms with Crippen molar-refractivity contribution in [3.63, 3.8) is 0 Å². The van der Waals surface area contributed by atoms with Gasteiger partial charge in [-0.05, 0) is 43.0 Å². The minimum absolute atomic E-state index is 0.0502. The number of hydrogen-bond donors (Lipinski definition) is 3. The molecule has 1 aromatic carbocycles. The number of aliphatic hydroxyl groups is 1. The van der Waals surface area contributed by atoms with Crippen LogP contribution in [0.2, 0.25) is 5.02 Å². The zero-order valence-corrected chi connectivity index (χ0v) is 14.7. The highest BCUT2D eigenvalue weighted by molar-refractivity contribution is 6.30. The number of anilines is 3. The van der Waals surface area contributed by atoms with Crippen molar-refractivity contribution in [3.05, 3.63) is 41.0 Å². The van der Waals surface area contributed by atoms with E-state index in [0.717, 1.165) is 17.2 Å². The van der Waals surface area contributed by atoms with Crippen LogP contribution in [0.3, 0.4) is 0 Å². The van der Waals surface area contributed by atoms with Gasteiger partial charge in [-0.3, -0.25) is 0 Å². The normalized spacial score (nSPS) is 15.4. The molecule has 0 radical (unpaired) electrons. The summed E-state index contributed by atoms with van der Waals surface area (Å²) in [5, 5.41) is 16.8. The number of nitrogens with zero attached hydrogens (tertiary/aromatic N) is 2. The van der Waals surface area contributed by atoms with E-state index in [9.17, 15) is 5.11 Å². The molecule has 1 aliphatic carbocycles. The molecule has 1 saturated carbocycles. The number of aromatic nitrogens is 2. The second kappa shape index (κ2) is 7.36. The van der Waals surface area contributed by atoms with E-state index in [2.05, 4.69) is 34.4 Å². The molecule has 1 heterocycles. The first kappa shape index (κ1) is 17.0. The average Bonchev–Trinajstić information content (AvgIpc) is 3.39. The fourth-order valence-electron chi connectivity index (χ4n) is 2.45. The highest BCUT2D eigenvalue weighted by atomic mass is 35.5. The standard InChI is InChI=1S/C18H23ClN4O/c1-11(2)16(10-24)22-18-21-15(12-3-4-12)9-17(23-18)20-14-7-5-13(19)6-8-14/h5-9,11-12,16,24H,3-4,10H2,1-2H3,(H2,20,21,22,23)/t16-/m1/s1. The van der Waals surface area contributed by atoms with Crippen molar-refractivity contribution in [2.75, 3.05) is 17.2 Å². The Morgan fingerprint density at radius 3 is 2.50 bits per heavy atom. The average molecular weight is 347 g/mol. The molecule has 3 N–H and O–H groups in total. The number of nitrogens with one attached hydrogen (secondary N) is 2. The second-order valence-electron chi connectivity index (χ2n) is 6.59. The van der Waals surface area contributed by atoms with Crippen LogP contribution in [0, 0.1) is 5.92 Å². The molecule has 1 aromatic heterocycles. The van der Waals surface area contributed by atoms with Gasteiger partial charge < -0.3 is 15.7 Å².